The van der Waals surface area contributed by atoms with Crippen molar-refractivity contribution < 1.29 is 14.6 Å². The zero-order valence-electron chi connectivity index (χ0n) is 27.3. The molecule has 1 aliphatic carbocycles. The number of allylic oxidation sites excluding steroid dienone is 7. The Morgan fingerprint density at radius 2 is 1.71 bits per heavy atom. The van der Waals surface area contributed by atoms with Crippen molar-refractivity contribution in [2.45, 2.75) is 73.5 Å². The molecule has 1 heterocycles. The molecule has 1 aliphatic heterocycles. The third-order valence-corrected chi connectivity index (χ3v) is 6.45. The molecule has 2 aliphatic rings. The molecule has 0 bridgehead atoms. The maximum atomic E-state index is 13.3. The SMILES string of the molecule is C#C.C=CCc1c(C2=CC=C(C)C=CC2)cc2c(c1C)N(C(=O)N(C)C)Cc1cc(OC)ccc1-2.CC.CC(C)(C)O. The van der Waals surface area contributed by atoms with Crippen molar-refractivity contribution >= 4 is 17.3 Å². The first-order valence-corrected chi connectivity index (χ1v) is 14.4. The summed E-state index contributed by atoms with van der Waals surface area (Å²) in [4.78, 5) is 16.8. The molecule has 2 amide bonds. The minimum Gasteiger partial charge on any atom is -0.497 e. The van der Waals surface area contributed by atoms with Crippen LogP contribution >= 0.6 is 0 Å². The molecular weight excluding hydrogens is 520 g/mol. The molecule has 5 nitrogen and oxygen atoms in total. The van der Waals surface area contributed by atoms with Gasteiger partial charge in [-0.05, 0) is 99.0 Å². The number of benzene rings is 2. The molecule has 0 saturated heterocycles. The number of carbonyl (C=O) groups is 1. The molecule has 4 rings (SSSR count). The van der Waals surface area contributed by atoms with E-state index >= 15 is 0 Å². The average Bonchev–Trinajstić information content (AvgIpc) is 3.18. The summed E-state index contributed by atoms with van der Waals surface area (Å²) in [5, 5.41) is 8.52. The van der Waals surface area contributed by atoms with E-state index in [9.17, 15) is 4.79 Å². The number of nitrogens with zero attached hydrogens (tertiary/aromatic N) is 2. The fraction of sp³-hybridized carbons (Fsp3) is 0.378. The number of carbonyl (C=O) groups excluding carboxylic acids is 1. The topological polar surface area (TPSA) is 53.0 Å². The van der Waals surface area contributed by atoms with Crippen molar-refractivity contribution in [2.24, 2.45) is 0 Å². The van der Waals surface area contributed by atoms with E-state index in [2.05, 4.69) is 69.7 Å². The van der Waals surface area contributed by atoms with Crippen molar-refractivity contribution in [3.63, 3.8) is 0 Å². The van der Waals surface area contributed by atoms with Gasteiger partial charge in [0, 0.05) is 19.7 Å². The number of rotatable bonds is 4. The average molecular weight is 571 g/mol. The Bertz CT molecular complexity index is 1350. The van der Waals surface area contributed by atoms with Gasteiger partial charge < -0.3 is 14.7 Å². The lowest BCUT2D eigenvalue weighted by molar-refractivity contribution is 0.102. The summed E-state index contributed by atoms with van der Waals surface area (Å²) < 4.78 is 5.48. The number of ether oxygens (including phenoxy) is 1. The highest BCUT2D eigenvalue weighted by Crippen LogP contribution is 2.46. The number of aliphatic hydroxyl groups is 1. The molecule has 2 aromatic rings. The Kier molecular flexibility index (Phi) is 14.1. The van der Waals surface area contributed by atoms with Crippen LogP contribution in [0.3, 0.4) is 0 Å². The molecule has 0 fully saturated rings. The van der Waals surface area contributed by atoms with Crippen molar-refractivity contribution in [3.05, 3.63) is 89.1 Å². The third-order valence-electron chi connectivity index (χ3n) is 6.45. The predicted octanol–water partition coefficient (Wildman–Crippen LogP) is 8.74. The second-order valence-electron chi connectivity index (χ2n) is 11.1. The summed E-state index contributed by atoms with van der Waals surface area (Å²) in [6.07, 6.45) is 20.4. The normalized spacial score (nSPS) is 13.0. The molecule has 0 aromatic heterocycles. The van der Waals surface area contributed by atoms with Gasteiger partial charge in [0.2, 0.25) is 0 Å². The van der Waals surface area contributed by atoms with E-state index in [0.29, 0.717) is 6.54 Å². The van der Waals surface area contributed by atoms with Crippen LogP contribution in [0.5, 0.6) is 5.75 Å². The molecule has 0 radical (unpaired) electrons. The van der Waals surface area contributed by atoms with Crippen LogP contribution < -0.4 is 9.64 Å². The van der Waals surface area contributed by atoms with Gasteiger partial charge in [0.25, 0.3) is 0 Å². The van der Waals surface area contributed by atoms with E-state index in [1.165, 1.54) is 22.3 Å². The second kappa shape index (κ2) is 16.4. The minimum atomic E-state index is -0.500. The van der Waals surface area contributed by atoms with Crippen LogP contribution in [-0.2, 0) is 13.0 Å². The summed E-state index contributed by atoms with van der Waals surface area (Å²) in [5.41, 5.74) is 9.92. The first kappa shape index (κ1) is 36.0. The highest BCUT2D eigenvalue weighted by molar-refractivity contribution is 6.02. The number of urea groups is 1. The minimum absolute atomic E-state index is 0.0275. The lowest BCUT2D eigenvalue weighted by Crippen LogP contribution is -2.41. The van der Waals surface area contributed by atoms with Crippen molar-refractivity contribution in [1.82, 2.24) is 4.90 Å². The number of hydrogen-bond acceptors (Lipinski definition) is 3. The molecule has 5 heteroatoms. The Morgan fingerprint density at radius 3 is 2.26 bits per heavy atom. The Balaban J connectivity index is 0.000000873. The first-order valence-electron chi connectivity index (χ1n) is 14.4. The van der Waals surface area contributed by atoms with Gasteiger partial charge >= 0.3 is 6.03 Å². The monoisotopic (exact) mass is 570 g/mol. The van der Waals surface area contributed by atoms with Gasteiger partial charge in [-0.15, -0.1) is 19.4 Å². The Hall–Kier alpha value is -4.01. The van der Waals surface area contributed by atoms with Crippen molar-refractivity contribution in [1.29, 1.82) is 0 Å². The van der Waals surface area contributed by atoms with Gasteiger partial charge in [-0.1, -0.05) is 55.9 Å². The summed E-state index contributed by atoms with van der Waals surface area (Å²) in [5.74, 6) is 0.798. The maximum absolute atomic E-state index is 13.3. The summed E-state index contributed by atoms with van der Waals surface area (Å²) >= 11 is 0. The second-order valence-corrected chi connectivity index (χ2v) is 11.1. The fourth-order valence-corrected chi connectivity index (χ4v) is 4.77. The number of methoxy groups -OCH3 is 1. The van der Waals surface area contributed by atoms with Gasteiger partial charge in [-0.2, -0.15) is 0 Å². The number of terminal acetylenes is 1. The summed E-state index contributed by atoms with van der Waals surface area (Å²) in [6, 6.07) is 8.40. The standard InChI is InChI=1S/C29H32N2O2.C4H10O.C2H6.C2H2/c1-7-9-24-20(3)28-27(17-26(24)21-11-8-10-19(2)12-13-21)25-15-14-23(33-6)16-22(25)18-31(28)29(32)30(4)5;1-4(2,3)5;2*1-2/h7-8,10,12-17H,1,9,11,18H2,2-6H3;5H,1-3H3;1-2H3;1-2H. The Morgan fingerprint density at radius 1 is 1.10 bits per heavy atom. The van der Waals surface area contributed by atoms with E-state index < -0.39 is 5.60 Å². The molecular formula is C37H50N2O3. The van der Waals surface area contributed by atoms with E-state index in [4.69, 9.17) is 9.84 Å². The van der Waals surface area contributed by atoms with Crippen LogP contribution in [0.2, 0.25) is 0 Å². The molecule has 0 saturated carbocycles. The fourth-order valence-electron chi connectivity index (χ4n) is 4.77. The molecule has 2 aromatic carbocycles. The van der Waals surface area contributed by atoms with Crippen LogP contribution in [0.1, 0.15) is 70.2 Å². The zero-order chi connectivity index (χ0) is 32.2. The molecule has 1 N–H and O–H groups in total. The van der Waals surface area contributed by atoms with Crippen LogP contribution in [0.15, 0.2) is 66.8 Å². The number of fused-ring (bicyclic) bond motifs is 3. The van der Waals surface area contributed by atoms with Crippen molar-refractivity contribution in [3.8, 4) is 29.7 Å². The first-order chi connectivity index (χ1) is 19.8. The number of anilines is 1. The summed E-state index contributed by atoms with van der Waals surface area (Å²) in [6.45, 7) is 18.0. The Labute approximate surface area is 254 Å². The van der Waals surface area contributed by atoms with E-state index in [-0.39, 0.29) is 6.03 Å². The van der Waals surface area contributed by atoms with Gasteiger partial charge in [0.1, 0.15) is 5.75 Å². The van der Waals surface area contributed by atoms with Gasteiger partial charge in [-0.3, -0.25) is 4.90 Å². The third kappa shape index (κ3) is 9.26. The van der Waals surface area contributed by atoms with Crippen LogP contribution in [0.25, 0.3) is 16.7 Å². The molecule has 226 valence electrons. The predicted molar refractivity (Wildman–Crippen MR) is 181 cm³/mol. The van der Waals surface area contributed by atoms with E-state index in [1.54, 1.807) is 46.9 Å². The molecule has 0 atom stereocenters. The molecule has 0 spiro atoms. The number of amides is 2. The van der Waals surface area contributed by atoms with Crippen LogP contribution in [0.4, 0.5) is 10.5 Å². The van der Waals surface area contributed by atoms with Crippen molar-refractivity contribution in [2.75, 3.05) is 26.1 Å². The smallest absolute Gasteiger partial charge is 0.324 e. The lowest BCUT2D eigenvalue weighted by Gasteiger charge is -2.36. The molecule has 0 unspecified atom stereocenters. The van der Waals surface area contributed by atoms with Gasteiger partial charge in [0.05, 0.1) is 24.9 Å². The van der Waals surface area contributed by atoms with Crippen LogP contribution in [-0.4, -0.2) is 42.8 Å². The molecule has 42 heavy (non-hydrogen) atoms. The zero-order valence-corrected chi connectivity index (χ0v) is 27.3. The largest absolute Gasteiger partial charge is 0.497 e. The van der Waals surface area contributed by atoms with Gasteiger partial charge in [0.15, 0.2) is 0 Å². The number of hydrogen-bond donors (Lipinski definition) is 1. The van der Waals surface area contributed by atoms with E-state index in [0.717, 1.165) is 46.5 Å². The van der Waals surface area contributed by atoms with Gasteiger partial charge in [-0.25, -0.2) is 4.79 Å². The lowest BCUT2D eigenvalue weighted by atomic mass is 9.83. The maximum Gasteiger partial charge on any atom is 0.324 e. The van der Waals surface area contributed by atoms with E-state index in [1.807, 2.05) is 37.0 Å². The van der Waals surface area contributed by atoms with Crippen LogP contribution in [0, 0.1) is 19.8 Å². The summed E-state index contributed by atoms with van der Waals surface area (Å²) in [7, 11) is 5.27. The quantitative estimate of drug-likeness (QED) is 0.295. The highest BCUT2D eigenvalue weighted by atomic mass is 16.5. The highest BCUT2D eigenvalue weighted by Gasteiger charge is 2.31.